The van der Waals surface area contributed by atoms with Crippen LogP contribution in [0.5, 0.6) is 0 Å². The molecule has 3 rings (SSSR count). The summed E-state index contributed by atoms with van der Waals surface area (Å²) in [5.74, 6) is 0.249. The fourth-order valence-corrected chi connectivity index (χ4v) is 3.30. The number of nitrogens with zero attached hydrogens (tertiary/aromatic N) is 1. The first-order valence-electron chi connectivity index (χ1n) is 9.54. The van der Waals surface area contributed by atoms with E-state index < -0.39 is 0 Å². The molecule has 5 nitrogen and oxygen atoms in total. The molecule has 0 spiro atoms. The predicted molar refractivity (Wildman–Crippen MR) is 109 cm³/mol. The molecular weight excluding hydrogens is 338 g/mol. The second-order valence-corrected chi connectivity index (χ2v) is 7.35. The lowest BCUT2D eigenvalue weighted by Crippen LogP contribution is -2.45. The Bertz CT molecular complexity index is 772. The van der Waals surface area contributed by atoms with Gasteiger partial charge in [-0.25, -0.2) is 4.79 Å². The minimum absolute atomic E-state index is 0.0236. The fraction of sp³-hybridized carbons (Fsp3) is 0.364. The van der Waals surface area contributed by atoms with Crippen LogP contribution in [0.2, 0.25) is 0 Å². The van der Waals surface area contributed by atoms with Crippen molar-refractivity contribution >= 4 is 23.3 Å². The molecule has 1 atom stereocenters. The molecule has 2 aromatic rings. The largest absolute Gasteiger partial charge is 0.326 e. The predicted octanol–water partition coefficient (Wildman–Crippen LogP) is 4.69. The smallest absolute Gasteiger partial charge is 0.321 e. The Balaban J connectivity index is 1.56. The van der Waals surface area contributed by atoms with Crippen molar-refractivity contribution in [2.45, 2.75) is 32.6 Å². The van der Waals surface area contributed by atoms with E-state index in [1.54, 1.807) is 4.90 Å². The third kappa shape index (κ3) is 5.09. The molecule has 1 saturated heterocycles. The highest BCUT2D eigenvalue weighted by Gasteiger charge is 2.28. The van der Waals surface area contributed by atoms with E-state index in [0.717, 1.165) is 24.2 Å². The number of hydrogen-bond donors (Lipinski definition) is 2. The summed E-state index contributed by atoms with van der Waals surface area (Å²) in [6, 6.07) is 17.2. The molecule has 0 saturated carbocycles. The van der Waals surface area contributed by atoms with E-state index in [9.17, 15) is 9.59 Å². The molecule has 1 aliphatic rings. The zero-order chi connectivity index (χ0) is 19.2. The van der Waals surface area contributed by atoms with E-state index in [1.165, 1.54) is 5.56 Å². The van der Waals surface area contributed by atoms with Crippen LogP contribution < -0.4 is 10.6 Å². The Morgan fingerprint density at radius 3 is 2.30 bits per heavy atom. The Labute approximate surface area is 160 Å². The summed E-state index contributed by atoms with van der Waals surface area (Å²) in [6.45, 7) is 5.40. The number of para-hydroxylation sites is 1. The zero-order valence-electron chi connectivity index (χ0n) is 15.9. The van der Waals surface area contributed by atoms with Gasteiger partial charge in [-0.1, -0.05) is 44.2 Å². The maximum absolute atomic E-state index is 12.6. The topological polar surface area (TPSA) is 61.4 Å². The lowest BCUT2D eigenvalue weighted by atomic mass is 9.97. The van der Waals surface area contributed by atoms with Crippen molar-refractivity contribution in [3.8, 4) is 0 Å². The first-order valence-corrected chi connectivity index (χ1v) is 9.54. The van der Waals surface area contributed by atoms with Crippen molar-refractivity contribution in [1.82, 2.24) is 4.90 Å². The monoisotopic (exact) mass is 365 g/mol. The summed E-state index contributed by atoms with van der Waals surface area (Å²) < 4.78 is 0. The number of amides is 3. The van der Waals surface area contributed by atoms with Gasteiger partial charge in [0, 0.05) is 24.5 Å². The van der Waals surface area contributed by atoms with Gasteiger partial charge in [0.1, 0.15) is 0 Å². The van der Waals surface area contributed by atoms with Gasteiger partial charge in [0.2, 0.25) is 5.91 Å². The summed E-state index contributed by atoms with van der Waals surface area (Å²) in [4.78, 5) is 26.8. The van der Waals surface area contributed by atoms with Gasteiger partial charge in [-0.3, -0.25) is 4.79 Å². The standard InChI is InChI=1S/C22H27N3O2/c1-16(2)17-10-12-20(13-11-17)23-21(26)18-7-6-14-25(15-18)22(27)24-19-8-4-3-5-9-19/h3-5,8-13,16,18H,6-7,14-15H2,1-2H3,(H,23,26)(H,24,27). The van der Waals surface area contributed by atoms with Crippen LogP contribution in [-0.2, 0) is 4.79 Å². The Hall–Kier alpha value is -2.82. The number of hydrogen-bond acceptors (Lipinski definition) is 2. The van der Waals surface area contributed by atoms with E-state index in [0.29, 0.717) is 19.0 Å². The fourth-order valence-electron chi connectivity index (χ4n) is 3.30. The average Bonchev–Trinajstić information content (AvgIpc) is 2.69. The third-order valence-corrected chi connectivity index (χ3v) is 4.95. The second-order valence-electron chi connectivity index (χ2n) is 7.35. The van der Waals surface area contributed by atoms with Gasteiger partial charge in [-0.05, 0) is 48.6 Å². The molecule has 2 N–H and O–H groups in total. The molecule has 27 heavy (non-hydrogen) atoms. The maximum Gasteiger partial charge on any atom is 0.321 e. The number of piperidine rings is 1. The van der Waals surface area contributed by atoms with Gasteiger partial charge in [-0.15, -0.1) is 0 Å². The number of urea groups is 1. The lowest BCUT2D eigenvalue weighted by molar-refractivity contribution is -0.121. The zero-order valence-corrected chi connectivity index (χ0v) is 15.9. The normalized spacial score (nSPS) is 16.9. The number of nitrogens with one attached hydrogen (secondary N) is 2. The number of benzene rings is 2. The molecule has 0 aromatic heterocycles. The molecule has 1 fully saturated rings. The summed E-state index contributed by atoms with van der Waals surface area (Å²) in [5, 5.41) is 5.88. The molecule has 1 heterocycles. The number of likely N-dealkylation sites (tertiary alicyclic amines) is 1. The van der Waals surface area contributed by atoms with Crippen LogP contribution >= 0.6 is 0 Å². The van der Waals surface area contributed by atoms with E-state index in [4.69, 9.17) is 0 Å². The van der Waals surface area contributed by atoms with Crippen LogP contribution in [0.3, 0.4) is 0 Å². The molecule has 0 radical (unpaired) electrons. The minimum atomic E-state index is -0.190. The quantitative estimate of drug-likeness (QED) is 0.825. The van der Waals surface area contributed by atoms with Crippen LogP contribution in [0.4, 0.5) is 16.2 Å². The van der Waals surface area contributed by atoms with Crippen LogP contribution in [0, 0.1) is 5.92 Å². The summed E-state index contributed by atoms with van der Waals surface area (Å²) in [7, 11) is 0. The van der Waals surface area contributed by atoms with Crippen molar-refractivity contribution in [3.63, 3.8) is 0 Å². The number of anilines is 2. The number of carbonyl (C=O) groups excluding carboxylic acids is 2. The SMILES string of the molecule is CC(C)c1ccc(NC(=O)C2CCCN(C(=O)Nc3ccccc3)C2)cc1. The molecule has 1 aliphatic heterocycles. The highest BCUT2D eigenvalue weighted by molar-refractivity contribution is 5.94. The van der Waals surface area contributed by atoms with Crippen molar-refractivity contribution < 1.29 is 9.59 Å². The van der Waals surface area contributed by atoms with Gasteiger partial charge >= 0.3 is 6.03 Å². The van der Waals surface area contributed by atoms with E-state index >= 15 is 0 Å². The highest BCUT2D eigenvalue weighted by Crippen LogP contribution is 2.21. The number of carbonyl (C=O) groups is 2. The average molecular weight is 365 g/mol. The molecular formula is C22H27N3O2. The molecule has 2 aromatic carbocycles. The molecule has 0 aliphatic carbocycles. The molecule has 0 bridgehead atoms. The van der Waals surface area contributed by atoms with Gasteiger partial charge < -0.3 is 15.5 Å². The number of rotatable bonds is 4. The second kappa shape index (κ2) is 8.71. The van der Waals surface area contributed by atoms with Crippen LogP contribution in [0.15, 0.2) is 54.6 Å². The van der Waals surface area contributed by atoms with Crippen molar-refractivity contribution in [2.24, 2.45) is 5.92 Å². The van der Waals surface area contributed by atoms with Crippen LogP contribution in [0.25, 0.3) is 0 Å². The van der Waals surface area contributed by atoms with E-state index in [1.807, 2.05) is 54.6 Å². The third-order valence-electron chi connectivity index (χ3n) is 4.95. The Kier molecular flexibility index (Phi) is 6.12. The first-order chi connectivity index (χ1) is 13.0. The molecule has 3 amide bonds. The van der Waals surface area contributed by atoms with Gasteiger partial charge in [0.15, 0.2) is 0 Å². The minimum Gasteiger partial charge on any atom is -0.326 e. The molecule has 5 heteroatoms. The Morgan fingerprint density at radius 2 is 1.63 bits per heavy atom. The lowest BCUT2D eigenvalue weighted by Gasteiger charge is -2.32. The van der Waals surface area contributed by atoms with Crippen molar-refractivity contribution in [1.29, 1.82) is 0 Å². The summed E-state index contributed by atoms with van der Waals surface area (Å²) in [6.07, 6.45) is 1.62. The summed E-state index contributed by atoms with van der Waals surface area (Å²) >= 11 is 0. The molecule has 142 valence electrons. The van der Waals surface area contributed by atoms with Crippen molar-refractivity contribution in [2.75, 3.05) is 23.7 Å². The van der Waals surface area contributed by atoms with E-state index in [-0.39, 0.29) is 17.9 Å². The van der Waals surface area contributed by atoms with Gasteiger partial charge in [0.05, 0.1) is 5.92 Å². The van der Waals surface area contributed by atoms with E-state index in [2.05, 4.69) is 24.5 Å². The highest BCUT2D eigenvalue weighted by atomic mass is 16.2. The van der Waals surface area contributed by atoms with Gasteiger partial charge in [0.25, 0.3) is 0 Å². The first kappa shape index (κ1) is 19.0. The van der Waals surface area contributed by atoms with Crippen LogP contribution in [-0.4, -0.2) is 29.9 Å². The van der Waals surface area contributed by atoms with Crippen LogP contribution in [0.1, 0.15) is 38.2 Å². The summed E-state index contributed by atoms with van der Waals surface area (Å²) in [5.41, 5.74) is 2.81. The van der Waals surface area contributed by atoms with Crippen molar-refractivity contribution in [3.05, 3.63) is 60.2 Å². The molecule has 1 unspecified atom stereocenters. The maximum atomic E-state index is 12.6. The Morgan fingerprint density at radius 1 is 0.963 bits per heavy atom. The van der Waals surface area contributed by atoms with Gasteiger partial charge in [-0.2, -0.15) is 0 Å².